The molecule has 1 amide bonds. The number of Topliss-reactive ketones (excluding diaryl/α,β-unsaturated/α-hetero) is 1. The van der Waals surface area contributed by atoms with Crippen LogP contribution >= 0.6 is 0 Å². The van der Waals surface area contributed by atoms with Crippen molar-refractivity contribution >= 4 is 11.7 Å². The maximum absolute atomic E-state index is 12.2. The number of likely N-dealkylation sites (tertiary alicyclic amines) is 1. The van der Waals surface area contributed by atoms with Crippen LogP contribution in [0.15, 0.2) is 25.3 Å². The Bertz CT molecular complexity index is 323. The van der Waals surface area contributed by atoms with Gasteiger partial charge in [-0.25, -0.2) is 0 Å². The van der Waals surface area contributed by atoms with Crippen LogP contribution in [0, 0.1) is 5.41 Å². The molecule has 3 heteroatoms. The maximum atomic E-state index is 12.2. The van der Waals surface area contributed by atoms with E-state index >= 15 is 0 Å². The molecule has 1 heterocycles. The Kier molecular flexibility index (Phi) is 3.68. The zero-order chi connectivity index (χ0) is 12.3. The number of likely N-dealkylation sites (N-methyl/N-ethyl adjacent to an activating group) is 1. The number of ketones is 1. The fourth-order valence-electron chi connectivity index (χ4n) is 2.50. The molecule has 3 nitrogen and oxygen atoms in total. The molecule has 16 heavy (non-hydrogen) atoms. The van der Waals surface area contributed by atoms with E-state index in [1.165, 1.54) is 6.92 Å². The number of carbonyl (C=O) groups is 2. The summed E-state index contributed by atoms with van der Waals surface area (Å²) in [6.45, 7) is 8.92. The molecule has 1 fully saturated rings. The minimum absolute atomic E-state index is 0.0347. The Labute approximate surface area is 96.8 Å². The number of allylic oxidation sites excluding steroid dienone is 2. The zero-order valence-corrected chi connectivity index (χ0v) is 10.0. The van der Waals surface area contributed by atoms with Crippen LogP contribution in [0.5, 0.6) is 0 Å². The minimum atomic E-state index is -0.491. The van der Waals surface area contributed by atoms with Crippen molar-refractivity contribution < 1.29 is 9.59 Å². The molecule has 0 N–H and O–H groups in total. The van der Waals surface area contributed by atoms with E-state index in [4.69, 9.17) is 0 Å². The quantitative estimate of drug-likeness (QED) is 0.665. The molecule has 1 aliphatic rings. The van der Waals surface area contributed by atoms with Crippen LogP contribution in [0.4, 0.5) is 0 Å². The van der Waals surface area contributed by atoms with Gasteiger partial charge in [-0.15, -0.1) is 13.2 Å². The summed E-state index contributed by atoms with van der Waals surface area (Å²) in [5.41, 5.74) is -0.491. The van der Waals surface area contributed by atoms with Crippen LogP contribution in [0.2, 0.25) is 0 Å². The van der Waals surface area contributed by atoms with E-state index in [2.05, 4.69) is 13.2 Å². The van der Waals surface area contributed by atoms with Crippen LogP contribution in [0.1, 0.15) is 26.2 Å². The van der Waals surface area contributed by atoms with Gasteiger partial charge >= 0.3 is 0 Å². The highest BCUT2D eigenvalue weighted by molar-refractivity contribution is 5.94. The van der Waals surface area contributed by atoms with Crippen LogP contribution in [0.3, 0.4) is 0 Å². The van der Waals surface area contributed by atoms with Gasteiger partial charge < -0.3 is 4.90 Å². The van der Waals surface area contributed by atoms with Gasteiger partial charge in [0.25, 0.3) is 0 Å². The van der Waals surface area contributed by atoms with Gasteiger partial charge in [-0.3, -0.25) is 9.59 Å². The summed E-state index contributed by atoms with van der Waals surface area (Å²) < 4.78 is 0. The molecule has 0 aliphatic carbocycles. The van der Waals surface area contributed by atoms with Crippen molar-refractivity contribution in [2.45, 2.75) is 32.2 Å². The molecular formula is C13H19NO2. The van der Waals surface area contributed by atoms with Gasteiger partial charge in [0.05, 0.1) is 11.5 Å². The Hall–Kier alpha value is -1.38. The van der Waals surface area contributed by atoms with Crippen molar-refractivity contribution in [1.82, 2.24) is 4.90 Å². The second-order valence-electron chi connectivity index (χ2n) is 4.51. The first-order chi connectivity index (χ1) is 7.48. The molecule has 1 rings (SSSR count). The van der Waals surface area contributed by atoms with Crippen molar-refractivity contribution in [2.75, 3.05) is 7.05 Å². The molecule has 0 bridgehead atoms. The summed E-state index contributed by atoms with van der Waals surface area (Å²) in [4.78, 5) is 25.2. The third kappa shape index (κ3) is 1.94. The lowest BCUT2D eigenvalue weighted by atomic mass is 9.78. The predicted molar refractivity (Wildman–Crippen MR) is 63.9 cm³/mol. The van der Waals surface area contributed by atoms with Gasteiger partial charge in [0, 0.05) is 7.05 Å². The number of amides is 1. The summed E-state index contributed by atoms with van der Waals surface area (Å²) in [6.07, 6.45) is 5.28. The van der Waals surface area contributed by atoms with Crippen molar-refractivity contribution in [3.05, 3.63) is 25.3 Å². The molecule has 1 saturated heterocycles. The highest BCUT2D eigenvalue weighted by Crippen LogP contribution is 2.42. The van der Waals surface area contributed by atoms with Crippen molar-refractivity contribution in [1.29, 1.82) is 0 Å². The second-order valence-corrected chi connectivity index (χ2v) is 4.51. The van der Waals surface area contributed by atoms with E-state index in [0.29, 0.717) is 19.3 Å². The first kappa shape index (κ1) is 12.7. The zero-order valence-electron chi connectivity index (χ0n) is 10.0. The third-order valence-corrected chi connectivity index (χ3v) is 3.37. The Morgan fingerprint density at radius 1 is 1.50 bits per heavy atom. The van der Waals surface area contributed by atoms with Crippen molar-refractivity contribution in [2.24, 2.45) is 5.41 Å². The molecular weight excluding hydrogens is 202 g/mol. The van der Waals surface area contributed by atoms with E-state index in [-0.39, 0.29) is 17.7 Å². The Morgan fingerprint density at radius 2 is 2.00 bits per heavy atom. The molecule has 0 aromatic rings. The lowest BCUT2D eigenvalue weighted by Gasteiger charge is -2.23. The van der Waals surface area contributed by atoms with Crippen LogP contribution < -0.4 is 0 Å². The standard InChI is InChI=1S/C13H19NO2/c1-5-7-13(8-6-2)9-11(10(3)15)14(4)12(13)16/h5-6,11H,1-2,7-9H2,3-4H3/t11-/m0/s1. The summed E-state index contributed by atoms with van der Waals surface area (Å²) >= 11 is 0. The molecule has 0 saturated carbocycles. The fourth-order valence-corrected chi connectivity index (χ4v) is 2.50. The number of carbonyl (C=O) groups excluding carboxylic acids is 2. The van der Waals surface area contributed by atoms with Gasteiger partial charge in [-0.2, -0.15) is 0 Å². The molecule has 1 atom stereocenters. The average molecular weight is 221 g/mol. The van der Waals surface area contributed by atoms with Crippen LogP contribution in [-0.2, 0) is 9.59 Å². The highest BCUT2D eigenvalue weighted by atomic mass is 16.2. The van der Waals surface area contributed by atoms with E-state index in [1.54, 1.807) is 24.1 Å². The number of rotatable bonds is 5. The summed E-state index contributed by atoms with van der Waals surface area (Å²) in [5.74, 6) is 0.0818. The predicted octanol–water partition coefficient (Wildman–Crippen LogP) is 1.94. The lowest BCUT2D eigenvalue weighted by Crippen LogP contribution is -2.35. The summed E-state index contributed by atoms with van der Waals surface area (Å²) in [5, 5.41) is 0. The molecule has 0 aromatic heterocycles. The van der Waals surface area contributed by atoms with Gasteiger partial charge in [0.15, 0.2) is 5.78 Å². The van der Waals surface area contributed by atoms with Gasteiger partial charge in [0.1, 0.15) is 0 Å². The fraction of sp³-hybridized carbons (Fsp3) is 0.538. The lowest BCUT2D eigenvalue weighted by molar-refractivity contribution is -0.137. The Balaban J connectivity index is 3.03. The number of nitrogens with zero attached hydrogens (tertiary/aromatic N) is 1. The molecule has 88 valence electrons. The maximum Gasteiger partial charge on any atom is 0.229 e. The van der Waals surface area contributed by atoms with Crippen LogP contribution in [0.25, 0.3) is 0 Å². The normalized spacial score (nSPS) is 23.2. The van der Waals surface area contributed by atoms with E-state index in [0.717, 1.165) is 0 Å². The molecule has 1 aliphatic heterocycles. The molecule has 0 radical (unpaired) electrons. The molecule has 0 unspecified atom stereocenters. The van der Waals surface area contributed by atoms with Crippen molar-refractivity contribution in [3.63, 3.8) is 0 Å². The second kappa shape index (κ2) is 4.64. The molecule has 0 aromatic carbocycles. The van der Waals surface area contributed by atoms with Gasteiger partial charge in [-0.1, -0.05) is 12.2 Å². The van der Waals surface area contributed by atoms with Crippen LogP contribution in [-0.4, -0.2) is 29.7 Å². The van der Waals surface area contributed by atoms with Gasteiger partial charge in [-0.05, 0) is 26.2 Å². The summed E-state index contributed by atoms with van der Waals surface area (Å²) in [6, 6.07) is -0.285. The van der Waals surface area contributed by atoms with Crippen molar-refractivity contribution in [3.8, 4) is 0 Å². The number of hydrogen-bond donors (Lipinski definition) is 0. The minimum Gasteiger partial charge on any atom is -0.335 e. The van der Waals surface area contributed by atoms with E-state index in [9.17, 15) is 9.59 Å². The summed E-state index contributed by atoms with van der Waals surface area (Å²) in [7, 11) is 1.70. The monoisotopic (exact) mass is 221 g/mol. The number of hydrogen-bond acceptors (Lipinski definition) is 2. The van der Waals surface area contributed by atoms with E-state index in [1.807, 2.05) is 0 Å². The molecule has 0 spiro atoms. The topological polar surface area (TPSA) is 37.4 Å². The van der Waals surface area contributed by atoms with Gasteiger partial charge in [0.2, 0.25) is 5.91 Å². The first-order valence-corrected chi connectivity index (χ1v) is 5.48. The van der Waals surface area contributed by atoms with E-state index < -0.39 is 5.41 Å². The highest BCUT2D eigenvalue weighted by Gasteiger charge is 2.49. The first-order valence-electron chi connectivity index (χ1n) is 5.48. The SMILES string of the molecule is C=CCC1(CC=C)C[C@@H](C(C)=O)N(C)C1=O. The smallest absolute Gasteiger partial charge is 0.229 e. The Morgan fingerprint density at radius 3 is 2.31 bits per heavy atom. The third-order valence-electron chi connectivity index (χ3n) is 3.37. The average Bonchev–Trinajstić information content (AvgIpc) is 2.45. The largest absolute Gasteiger partial charge is 0.335 e.